The molecule has 1 rings (SSSR count). The SMILES string of the molecule is Cc1c(F)c(F)c(F)c(F)c1S(=O)(=O)N(F)CCOCC(=O)O. The molecule has 130 valence electrons. The van der Waals surface area contributed by atoms with Crippen molar-refractivity contribution in [3.8, 4) is 0 Å². The average molecular weight is 363 g/mol. The number of carboxylic acids is 1. The summed E-state index contributed by atoms with van der Waals surface area (Å²) in [5, 5.41) is 8.26. The Bertz CT molecular complexity index is 695. The Morgan fingerprint density at radius 2 is 1.65 bits per heavy atom. The molecule has 23 heavy (non-hydrogen) atoms. The van der Waals surface area contributed by atoms with E-state index < -0.39 is 74.0 Å². The van der Waals surface area contributed by atoms with Crippen molar-refractivity contribution in [1.29, 1.82) is 0 Å². The fourth-order valence-electron chi connectivity index (χ4n) is 1.54. The molecule has 0 spiro atoms. The van der Waals surface area contributed by atoms with E-state index in [0.29, 0.717) is 6.92 Å². The van der Waals surface area contributed by atoms with Gasteiger partial charge in [0.05, 0.1) is 13.2 Å². The van der Waals surface area contributed by atoms with E-state index in [1.165, 1.54) is 0 Å². The third-order valence-electron chi connectivity index (χ3n) is 2.60. The molecule has 0 aliphatic rings. The van der Waals surface area contributed by atoms with E-state index in [4.69, 9.17) is 5.11 Å². The Balaban J connectivity index is 3.12. The lowest BCUT2D eigenvalue weighted by molar-refractivity contribution is -0.142. The Morgan fingerprint density at radius 1 is 1.13 bits per heavy atom. The van der Waals surface area contributed by atoms with E-state index in [1.54, 1.807) is 0 Å². The minimum Gasteiger partial charge on any atom is -0.480 e. The molecule has 1 aromatic rings. The number of hydrogen-bond acceptors (Lipinski definition) is 4. The predicted octanol–water partition coefficient (Wildman–Crippen LogP) is 1.53. The summed E-state index contributed by atoms with van der Waals surface area (Å²) in [6, 6.07) is 0. The minimum atomic E-state index is -5.35. The Labute approximate surface area is 127 Å². The van der Waals surface area contributed by atoms with Crippen LogP contribution in [0.4, 0.5) is 22.0 Å². The van der Waals surface area contributed by atoms with Gasteiger partial charge in [-0.15, -0.1) is 4.48 Å². The molecular weight excluding hydrogens is 353 g/mol. The molecular formula is C11H10F5NO5S. The van der Waals surface area contributed by atoms with Gasteiger partial charge in [0.1, 0.15) is 11.5 Å². The minimum absolute atomic E-state index is 0.628. The second-order valence-electron chi connectivity index (χ2n) is 4.17. The largest absolute Gasteiger partial charge is 0.480 e. The normalized spacial score (nSPS) is 12.0. The summed E-state index contributed by atoms with van der Waals surface area (Å²) in [5.74, 6) is -10.3. The van der Waals surface area contributed by atoms with Gasteiger partial charge in [-0.3, -0.25) is 0 Å². The molecule has 0 radical (unpaired) electrons. The van der Waals surface area contributed by atoms with Crippen LogP contribution in [0.1, 0.15) is 5.56 Å². The molecule has 6 nitrogen and oxygen atoms in total. The van der Waals surface area contributed by atoms with Crippen molar-refractivity contribution in [2.75, 3.05) is 19.8 Å². The van der Waals surface area contributed by atoms with Crippen molar-refractivity contribution in [2.45, 2.75) is 11.8 Å². The van der Waals surface area contributed by atoms with Gasteiger partial charge in [-0.25, -0.2) is 30.8 Å². The Kier molecular flexibility index (Phi) is 6.02. The number of aliphatic carboxylic acids is 1. The number of carboxylic acid groups (broad SMARTS) is 1. The van der Waals surface area contributed by atoms with Crippen LogP contribution in [0.15, 0.2) is 4.90 Å². The molecule has 0 unspecified atom stereocenters. The smallest absolute Gasteiger partial charge is 0.329 e. The highest BCUT2D eigenvalue weighted by molar-refractivity contribution is 7.89. The van der Waals surface area contributed by atoms with E-state index in [0.717, 1.165) is 0 Å². The number of halogens is 5. The van der Waals surface area contributed by atoms with Crippen LogP contribution in [-0.2, 0) is 19.6 Å². The summed E-state index contributed by atoms with van der Waals surface area (Å²) in [6.45, 7) is -2.02. The molecule has 0 saturated heterocycles. The second kappa shape index (κ2) is 7.19. The standard InChI is InChI=1S/C11H10F5NO5S/c1-5-7(12)8(13)9(14)10(15)11(5)23(20,21)17(16)2-3-22-4-6(18)19/h2-4H2,1H3,(H,18,19). The Morgan fingerprint density at radius 3 is 2.17 bits per heavy atom. The molecule has 1 N–H and O–H groups in total. The number of hydrogen-bond donors (Lipinski definition) is 1. The van der Waals surface area contributed by atoms with Gasteiger partial charge in [0, 0.05) is 5.56 Å². The summed E-state index contributed by atoms with van der Waals surface area (Å²) >= 11 is 0. The van der Waals surface area contributed by atoms with Crippen molar-refractivity contribution in [3.05, 3.63) is 28.8 Å². The number of sulfonamides is 1. The quantitative estimate of drug-likeness (QED) is 0.261. The zero-order valence-corrected chi connectivity index (χ0v) is 12.3. The first-order valence-electron chi connectivity index (χ1n) is 5.82. The van der Waals surface area contributed by atoms with Crippen molar-refractivity contribution in [2.24, 2.45) is 0 Å². The maximum atomic E-state index is 13.6. The maximum absolute atomic E-state index is 13.6. The number of carbonyl (C=O) groups is 1. The summed E-state index contributed by atoms with van der Waals surface area (Å²) in [4.78, 5) is 8.44. The van der Waals surface area contributed by atoms with Gasteiger partial charge in [0.2, 0.25) is 0 Å². The molecule has 0 fully saturated rings. The molecule has 0 bridgehead atoms. The van der Waals surface area contributed by atoms with E-state index in [2.05, 4.69) is 4.74 Å². The highest BCUT2D eigenvalue weighted by Gasteiger charge is 2.35. The van der Waals surface area contributed by atoms with E-state index in [9.17, 15) is 35.3 Å². The number of ether oxygens (including phenoxy) is 1. The van der Waals surface area contributed by atoms with Crippen molar-refractivity contribution in [1.82, 2.24) is 4.53 Å². The van der Waals surface area contributed by atoms with Crippen molar-refractivity contribution in [3.63, 3.8) is 0 Å². The number of rotatable bonds is 7. The molecule has 0 atom stereocenters. The molecule has 0 amide bonds. The maximum Gasteiger partial charge on any atom is 0.329 e. The molecule has 0 aliphatic heterocycles. The second-order valence-corrected chi connectivity index (χ2v) is 5.93. The van der Waals surface area contributed by atoms with Crippen LogP contribution >= 0.6 is 0 Å². The molecule has 0 aromatic heterocycles. The van der Waals surface area contributed by atoms with Crippen molar-refractivity contribution >= 4 is 16.0 Å². The van der Waals surface area contributed by atoms with Crippen LogP contribution in [0.25, 0.3) is 0 Å². The first kappa shape index (κ1) is 19.3. The van der Waals surface area contributed by atoms with Gasteiger partial charge in [-0.1, -0.05) is 0 Å². The van der Waals surface area contributed by atoms with Crippen LogP contribution in [0.3, 0.4) is 0 Å². The monoisotopic (exact) mass is 363 g/mol. The van der Waals surface area contributed by atoms with Crippen LogP contribution in [0.2, 0.25) is 0 Å². The van der Waals surface area contributed by atoms with Gasteiger partial charge in [-0.05, 0) is 11.5 Å². The van der Waals surface area contributed by atoms with Crippen LogP contribution < -0.4 is 0 Å². The van der Waals surface area contributed by atoms with Gasteiger partial charge < -0.3 is 9.84 Å². The molecule has 1 aromatic carbocycles. The average Bonchev–Trinajstić information content (AvgIpc) is 2.47. The van der Waals surface area contributed by atoms with E-state index >= 15 is 0 Å². The number of benzene rings is 1. The molecule has 0 saturated carbocycles. The first-order chi connectivity index (χ1) is 10.5. The van der Waals surface area contributed by atoms with Gasteiger partial charge in [-0.2, -0.15) is 0 Å². The zero-order chi connectivity index (χ0) is 17.9. The third kappa shape index (κ3) is 3.95. The first-order valence-corrected chi connectivity index (χ1v) is 7.26. The fourth-order valence-corrected chi connectivity index (χ4v) is 2.85. The van der Waals surface area contributed by atoms with Crippen molar-refractivity contribution < 1.29 is 45.1 Å². The summed E-state index contributed by atoms with van der Waals surface area (Å²) in [5.41, 5.74) is -1.14. The van der Waals surface area contributed by atoms with Crippen LogP contribution in [0.5, 0.6) is 0 Å². The van der Waals surface area contributed by atoms with E-state index in [-0.39, 0.29) is 0 Å². The lowest BCUT2D eigenvalue weighted by Gasteiger charge is -2.16. The molecule has 0 heterocycles. The van der Waals surface area contributed by atoms with Gasteiger partial charge >= 0.3 is 5.97 Å². The Hall–Kier alpha value is -1.79. The lowest BCUT2D eigenvalue weighted by Crippen LogP contribution is -2.29. The summed E-state index contributed by atoms with van der Waals surface area (Å²) in [7, 11) is -5.35. The predicted molar refractivity (Wildman–Crippen MR) is 64.5 cm³/mol. The summed E-state index contributed by atoms with van der Waals surface area (Å²) in [6.07, 6.45) is 0. The van der Waals surface area contributed by atoms with Gasteiger partial charge in [0.25, 0.3) is 10.0 Å². The highest BCUT2D eigenvalue weighted by atomic mass is 32.2. The lowest BCUT2D eigenvalue weighted by atomic mass is 10.2. The highest BCUT2D eigenvalue weighted by Crippen LogP contribution is 2.29. The third-order valence-corrected chi connectivity index (χ3v) is 4.31. The molecule has 12 heteroatoms. The van der Waals surface area contributed by atoms with Crippen LogP contribution in [0, 0.1) is 30.2 Å². The summed E-state index contributed by atoms with van der Waals surface area (Å²) < 4.78 is 93.7. The number of nitrogens with zero attached hydrogens (tertiary/aromatic N) is 1. The van der Waals surface area contributed by atoms with Gasteiger partial charge in [0.15, 0.2) is 23.3 Å². The molecule has 0 aliphatic carbocycles. The fraction of sp³-hybridized carbons (Fsp3) is 0.364. The van der Waals surface area contributed by atoms with Crippen LogP contribution in [-0.4, -0.2) is 43.8 Å². The zero-order valence-electron chi connectivity index (χ0n) is 11.4. The van der Waals surface area contributed by atoms with E-state index in [1.807, 2.05) is 0 Å². The topological polar surface area (TPSA) is 83.9 Å².